The maximum Gasteiger partial charge on any atom is 0.269 e. The molecule has 0 saturated carbocycles. The fraction of sp³-hybridized carbons (Fsp3) is 0. The van der Waals surface area contributed by atoms with Gasteiger partial charge in [0.1, 0.15) is 5.75 Å². The standard InChI is InChI=1S/C12H12N4O2/c13-10-2-1-7-14-11(10)15-16-12(18)8-3-5-9(17)6-4-8/h1-7,17H,13H2,(H,14,15)(H,16,18). The summed E-state index contributed by atoms with van der Waals surface area (Å²) in [5.74, 6) is 0.137. The first-order valence-corrected chi connectivity index (χ1v) is 5.22. The minimum absolute atomic E-state index is 0.105. The highest BCUT2D eigenvalue weighted by atomic mass is 16.3. The second-order valence-corrected chi connectivity index (χ2v) is 3.57. The highest BCUT2D eigenvalue weighted by molar-refractivity contribution is 5.95. The number of nitrogen functional groups attached to an aromatic ring is 1. The molecule has 0 aliphatic rings. The molecule has 0 bridgehead atoms. The average molecular weight is 244 g/mol. The Hall–Kier alpha value is -2.76. The van der Waals surface area contributed by atoms with E-state index in [9.17, 15) is 4.79 Å². The van der Waals surface area contributed by atoms with E-state index in [1.165, 1.54) is 24.3 Å². The lowest BCUT2D eigenvalue weighted by Gasteiger charge is -2.09. The highest BCUT2D eigenvalue weighted by Gasteiger charge is 2.05. The molecule has 92 valence electrons. The third kappa shape index (κ3) is 2.67. The second-order valence-electron chi connectivity index (χ2n) is 3.57. The molecule has 0 spiro atoms. The number of hydrazine groups is 1. The lowest BCUT2D eigenvalue weighted by atomic mass is 10.2. The molecule has 1 aromatic carbocycles. The molecule has 0 aliphatic heterocycles. The molecule has 0 atom stereocenters. The third-order valence-corrected chi connectivity index (χ3v) is 2.26. The van der Waals surface area contributed by atoms with Crippen LogP contribution in [0.1, 0.15) is 10.4 Å². The van der Waals surface area contributed by atoms with E-state index in [2.05, 4.69) is 15.8 Å². The van der Waals surface area contributed by atoms with Crippen molar-refractivity contribution in [2.24, 2.45) is 0 Å². The number of anilines is 2. The first-order valence-electron chi connectivity index (χ1n) is 5.22. The molecule has 2 aromatic rings. The van der Waals surface area contributed by atoms with E-state index in [-0.39, 0.29) is 11.7 Å². The smallest absolute Gasteiger partial charge is 0.269 e. The van der Waals surface area contributed by atoms with Gasteiger partial charge in [-0.2, -0.15) is 0 Å². The Bertz CT molecular complexity index is 554. The first-order chi connectivity index (χ1) is 8.66. The van der Waals surface area contributed by atoms with E-state index in [4.69, 9.17) is 10.8 Å². The maximum absolute atomic E-state index is 11.7. The number of nitrogens with two attached hydrogens (primary N) is 1. The van der Waals surface area contributed by atoms with Crippen LogP contribution >= 0.6 is 0 Å². The van der Waals surface area contributed by atoms with Gasteiger partial charge in [-0.3, -0.25) is 15.6 Å². The number of aromatic hydroxyl groups is 1. The van der Waals surface area contributed by atoms with Crippen molar-refractivity contribution in [3.8, 4) is 5.75 Å². The van der Waals surface area contributed by atoms with Gasteiger partial charge in [0, 0.05) is 11.8 Å². The molecule has 0 radical (unpaired) electrons. The minimum Gasteiger partial charge on any atom is -0.508 e. The van der Waals surface area contributed by atoms with Gasteiger partial charge in [0.2, 0.25) is 0 Å². The van der Waals surface area contributed by atoms with Crippen LogP contribution in [0.3, 0.4) is 0 Å². The lowest BCUT2D eigenvalue weighted by molar-refractivity contribution is 0.0962. The van der Waals surface area contributed by atoms with Gasteiger partial charge in [-0.15, -0.1) is 0 Å². The summed E-state index contributed by atoms with van der Waals surface area (Å²) in [6, 6.07) is 9.25. The Balaban J connectivity index is 2.01. The van der Waals surface area contributed by atoms with Crippen LogP contribution in [0.25, 0.3) is 0 Å². The van der Waals surface area contributed by atoms with Crippen molar-refractivity contribution in [2.75, 3.05) is 11.2 Å². The molecule has 5 N–H and O–H groups in total. The van der Waals surface area contributed by atoms with Gasteiger partial charge in [0.15, 0.2) is 5.82 Å². The SMILES string of the molecule is Nc1cccnc1NNC(=O)c1ccc(O)cc1. The minimum atomic E-state index is -0.347. The van der Waals surface area contributed by atoms with Crippen LogP contribution in [0.2, 0.25) is 0 Å². The Morgan fingerprint density at radius 2 is 1.94 bits per heavy atom. The Morgan fingerprint density at radius 3 is 2.61 bits per heavy atom. The number of phenolic OH excluding ortho intramolecular Hbond substituents is 1. The van der Waals surface area contributed by atoms with Gasteiger partial charge in [-0.05, 0) is 36.4 Å². The van der Waals surface area contributed by atoms with Crippen molar-refractivity contribution in [2.45, 2.75) is 0 Å². The van der Waals surface area contributed by atoms with Gasteiger partial charge in [0.25, 0.3) is 5.91 Å². The van der Waals surface area contributed by atoms with E-state index < -0.39 is 0 Å². The van der Waals surface area contributed by atoms with Crippen LogP contribution < -0.4 is 16.6 Å². The Labute approximate surface area is 103 Å². The molecule has 1 amide bonds. The summed E-state index contributed by atoms with van der Waals surface area (Å²) in [6.45, 7) is 0. The van der Waals surface area contributed by atoms with Crippen LogP contribution in [-0.4, -0.2) is 16.0 Å². The van der Waals surface area contributed by atoms with Gasteiger partial charge in [-0.25, -0.2) is 4.98 Å². The molecule has 0 unspecified atom stereocenters. The van der Waals surface area contributed by atoms with Crippen molar-refractivity contribution in [1.29, 1.82) is 0 Å². The molecule has 1 aromatic heterocycles. The lowest BCUT2D eigenvalue weighted by Crippen LogP contribution is -2.30. The van der Waals surface area contributed by atoms with E-state index in [1.807, 2.05) is 0 Å². The zero-order valence-electron chi connectivity index (χ0n) is 9.42. The van der Waals surface area contributed by atoms with Crippen molar-refractivity contribution in [3.63, 3.8) is 0 Å². The highest BCUT2D eigenvalue weighted by Crippen LogP contribution is 2.12. The molecular weight excluding hydrogens is 232 g/mol. The number of benzene rings is 1. The van der Waals surface area contributed by atoms with Gasteiger partial charge in [-0.1, -0.05) is 0 Å². The molecule has 18 heavy (non-hydrogen) atoms. The van der Waals surface area contributed by atoms with E-state index in [0.717, 1.165) is 0 Å². The topological polar surface area (TPSA) is 100 Å². The van der Waals surface area contributed by atoms with Crippen LogP contribution in [-0.2, 0) is 0 Å². The molecule has 0 saturated heterocycles. The zero-order chi connectivity index (χ0) is 13.0. The number of phenols is 1. The predicted octanol–water partition coefficient (Wildman–Crippen LogP) is 1.13. The summed E-state index contributed by atoms with van der Waals surface area (Å²) in [5.41, 5.74) is 11.6. The quantitative estimate of drug-likeness (QED) is 0.606. The van der Waals surface area contributed by atoms with E-state index >= 15 is 0 Å². The summed E-state index contributed by atoms with van der Waals surface area (Å²) in [5, 5.41) is 9.11. The molecule has 0 fully saturated rings. The van der Waals surface area contributed by atoms with Crippen molar-refractivity contribution >= 4 is 17.4 Å². The van der Waals surface area contributed by atoms with Gasteiger partial charge < -0.3 is 10.8 Å². The van der Waals surface area contributed by atoms with Crippen molar-refractivity contribution < 1.29 is 9.90 Å². The molecule has 2 rings (SSSR count). The molecular formula is C12H12N4O2. The second kappa shape index (κ2) is 5.05. The first kappa shape index (κ1) is 11.7. The summed E-state index contributed by atoms with van der Waals surface area (Å²) in [4.78, 5) is 15.7. The van der Waals surface area contributed by atoms with Gasteiger partial charge in [0.05, 0.1) is 5.69 Å². The number of nitrogens with zero attached hydrogens (tertiary/aromatic N) is 1. The van der Waals surface area contributed by atoms with Crippen LogP contribution in [0.15, 0.2) is 42.6 Å². The zero-order valence-corrected chi connectivity index (χ0v) is 9.42. The number of aromatic nitrogens is 1. The maximum atomic E-state index is 11.7. The van der Waals surface area contributed by atoms with Crippen LogP contribution in [0, 0.1) is 0 Å². The third-order valence-electron chi connectivity index (χ3n) is 2.26. The fourth-order valence-corrected chi connectivity index (χ4v) is 1.32. The summed E-state index contributed by atoms with van der Waals surface area (Å²) >= 11 is 0. The number of nitrogens with one attached hydrogen (secondary N) is 2. The number of carbonyl (C=O) groups excluding carboxylic acids is 1. The summed E-state index contributed by atoms with van der Waals surface area (Å²) in [7, 11) is 0. The number of carbonyl (C=O) groups is 1. The molecule has 6 heteroatoms. The van der Waals surface area contributed by atoms with Crippen molar-refractivity contribution in [3.05, 3.63) is 48.2 Å². The van der Waals surface area contributed by atoms with E-state index in [1.54, 1.807) is 18.3 Å². The number of pyridine rings is 1. The van der Waals surface area contributed by atoms with E-state index in [0.29, 0.717) is 17.1 Å². The van der Waals surface area contributed by atoms with Crippen molar-refractivity contribution in [1.82, 2.24) is 10.4 Å². The normalized spacial score (nSPS) is 9.78. The molecule has 0 aliphatic carbocycles. The number of amides is 1. The number of rotatable bonds is 3. The average Bonchev–Trinajstić information content (AvgIpc) is 2.38. The molecule has 6 nitrogen and oxygen atoms in total. The van der Waals surface area contributed by atoms with Crippen LogP contribution in [0.5, 0.6) is 5.75 Å². The molecule has 1 heterocycles. The van der Waals surface area contributed by atoms with Crippen LogP contribution in [0.4, 0.5) is 11.5 Å². The fourth-order valence-electron chi connectivity index (χ4n) is 1.32. The Morgan fingerprint density at radius 1 is 1.22 bits per heavy atom. The Kier molecular flexibility index (Phi) is 3.29. The summed E-state index contributed by atoms with van der Waals surface area (Å²) in [6.07, 6.45) is 1.56. The summed E-state index contributed by atoms with van der Waals surface area (Å²) < 4.78 is 0. The predicted molar refractivity (Wildman–Crippen MR) is 67.8 cm³/mol. The number of hydrogen-bond donors (Lipinski definition) is 4. The monoisotopic (exact) mass is 244 g/mol. The number of hydrogen-bond acceptors (Lipinski definition) is 5. The van der Waals surface area contributed by atoms with Gasteiger partial charge >= 0.3 is 0 Å². The largest absolute Gasteiger partial charge is 0.508 e.